The summed E-state index contributed by atoms with van der Waals surface area (Å²) in [7, 11) is 0. The number of carbonyl (C=O) groups is 3. The molecule has 0 radical (unpaired) electrons. The summed E-state index contributed by atoms with van der Waals surface area (Å²) in [5.41, 5.74) is 2.41. The fraction of sp³-hybridized carbons (Fsp3) is 0.389. The van der Waals surface area contributed by atoms with Crippen LogP contribution in [0.2, 0.25) is 0 Å². The van der Waals surface area contributed by atoms with Gasteiger partial charge in [-0.05, 0) is 19.1 Å². The van der Waals surface area contributed by atoms with Gasteiger partial charge in [0.05, 0.1) is 34.1 Å². The minimum atomic E-state index is -2.03. The summed E-state index contributed by atoms with van der Waals surface area (Å²) in [6.07, 6.45) is 0. The zero-order valence-corrected chi connectivity index (χ0v) is 19.6. The van der Waals surface area contributed by atoms with Gasteiger partial charge in [0.15, 0.2) is 4.33 Å². The average Bonchev–Trinajstić information content (AvgIpc) is 3.07. The molecule has 1 aromatic rings. The molecule has 4 rings (SSSR count). The van der Waals surface area contributed by atoms with Crippen LogP contribution in [0.3, 0.4) is 0 Å². The number of amides is 3. The number of nitrogens with zero attached hydrogens (tertiary/aromatic N) is 1. The minimum absolute atomic E-state index is 0.124. The molecule has 1 heterocycles. The lowest BCUT2D eigenvalue weighted by Gasteiger charge is -2.34. The lowest BCUT2D eigenvalue weighted by molar-refractivity contribution is -0.143. The topological polar surface area (TPSA) is 75.7 Å². The minimum Gasteiger partial charge on any atom is -0.493 e. The molecule has 0 spiro atoms. The number of allylic oxidation sites excluding steroid dienone is 2. The van der Waals surface area contributed by atoms with Crippen molar-refractivity contribution in [1.29, 1.82) is 0 Å². The molecule has 1 saturated carbocycles. The van der Waals surface area contributed by atoms with Crippen LogP contribution in [0.15, 0.2) is 34.3 Å². The maximum atomic E-state index is 13.1. The Morgan fingerprint density at radius 1 is 1.03 bits per heavy atom. The Morgan fingerprint density at radius 2 is 1.53 bits per heavy atom. The molecule has 3 amide bonds. The largest absolute Gasteiger partial charge is 0.493 e. The Labute approximate surface area is 201 Å². The van der Waals surface area contributed by atoms with E-state index in [4.69, 9.17) is 74.3 Å². The maximum Gasteiger partial charge on any atom is 0.274 e. The third-order valence-electron chi connectivity index (χ3n) is 5.55. The van der Waals surface area contributed by atoms with Gasteiger partial charge in [-0.15, -0.1) is 23.2 Å². The van der Waals surface area contributed by atoms with Crippen LogP contribution in [0.4, 0.5) is 0 Å². The van der Waals surface area contributed by atoms with E-state index >= 15 is 0 Å². The number of nitrogens with one attached hydrogen (secondary N) is 1. The molecule has 2 aliphatic carbocycles. The second-order valence-electron chi connectivity index (χ2n) is 6.96. The van der Waals surface area contributed by atoms with Crippen molar-refractivity contribution in [1.82, 2.24) is 10.4 Å². The third kappa shape index (κ3) is 2.44. The van der Waals surface area contributed by atoms with E-state index in [1.807, 2.05) is 0 Å². The van der Waals surface area contributed by atoms with Crippen LogP contribution in [0.1, 0.15) is 17.3 Å². The van der Waals surface area contributed by atoms with E-state index in [-0.39, 0.29) is 21.4 Å². The number of hydrazine groups is 1. The van der Waals surface area contributed by atoms with Gasteiger partial charge in [0, 0.05) is 0 Å². The first-order valence-corrected chi connectivity index (χ1v) is 11.0. The number of alkyl halides is 4. The van der Waals surface area contributed by atoms with Crippen molar-refractivity contribution in [3.8, 4) is 5.75 Å². The molecular weight excluding hydrogens is 521 g/mol. The van der Waals surface area contributed by atoms with Crippen molar-refractivity contribution >= 4 is 87.3 Å². The van der Waals surface area contributed by atoms with Gasteiger partial charge >= 0.3 is 0 Å². The summed E-state index contributed by atoms with van der Waals surface area (Å²) in [5.74, 6) is -4.80. The zero-order valence-electron chi connectivity index (χ0n) is 15.0. The molecule has 2 fully saturated rings. The normalized spacial score (nSPS) is 33.9. The van der Waals surface area contributed by atoms with Crippen molar-refractivity contribution in [2.24, 2.45) is 11.8 Å². The molecule has 4 unspecified atom stereocenters. The van der Waals surface area contributed by atoms with Crippen LogP contribution in [0.5, 0.6) is 5.75 Å². The molecule has 0 aromatic heterocycles. The van der Waals surface area contributed by atoms with E-state index in [1.54, 1.807) is 25.1 Å². The standard InChI is InChI=1S/C18H12Cl6N2O4/c1-2-30-8-6-4-3-5-7(8)13(27)25-26-14(28)9-10(15(26)29)17(22)12(20)11(19)16(9,21)18(17,23)24/h3-6,9-10H,2H2,1H3,(H,25,27). The first-order chi connectivity index (χ1) is 14.0. The third-order valence-corrected chi connectivity index (χ3v) is 9.81. The second-order valence-corrected chi connectivity index (χ2v) is 10.2. The van der Waals surface area contributed by atoms with Crippen LogP contribution in [-0.4, -0.2) is 43.4 Å². The van der Waals surface area contributed by atoms with Crippen molar-refractivity contribution in [3.63, 3.8) is 0 Å². The van der Waals surface area contributed by atoms with E-state index in [0.29, 0.717) is 11.6 Å². The lowest BCUT2D eigenvalue weighted by Crippen LogP contribution is -2.54. The molecule has 4 atom stereocenters. The molecule has 3 aliphatic rings. The Hall–Kier alpha value is -0.890. The SMILES string of the molecule is CCOc1ccccc1C(=O)NN1C(=O)C2C(C1=O)C1(Cl)C(Cl)=C(Cl)C2(Cl)C1(Cl)Cl. The molecular formula is C18H12Cl6N2O4. The van der Waals surface area contributed by atoms with Gasteiger partial charge < -0.3 is 4.74 Å². The number of fused-ring (bicyclic) bond motifs is 5. The predicted molar refractivity (Wildman–Crippen MR) is 114 cm³/mol. The first kappa shape index (κ1) is 22.3. The smallest absolute Gasteiger partial charge is 0.274 e. The van der Waals surface area contributed by atoms with Crippen LogP contribution >= 0.6 is 69.6 Å². The van der Waals surface area contributed by atoms with Crippen LogP contribution in [0.25, 0.3) is 0 Å². The number of rotatable bonds is 4. The molecule has 12 heteroatoms. The summed E-state index contributed by atoms with van der Waals surface area (Å²) in [4.78, 5) is 35.2. The number of hydrogen-bond acceptors (Lipinski definition) is 4. The number of ether oxygens (including phenoxy) is 1. The average molecular weight is 533 g/mol. The highest BCUT2D eigenvalue weighted by Gasteiger charge is 2.87. The van der Waals surface area contributed by atoms with E-state index < -0.39 is 43.6 Å². The first-order valence-electron chi connectivity index (χ1n) is 8.68. The molecule has 2 bridgehead atoms. The Bertz CT molecular complexity index is 984. The van der Waals surface area contributed by atoms with Crippen LogP contribution in [-0.2, 0) is 9.59 Å². The van der Waals surface area contributed by atoms with Crippen LogP contribution < -0.4 is 10.2 Å². The van der Waals surface area contributed by atoms with Gasteiger partial charge in [-0.1, -0.05) is 58.5 Å². The highest BCUT2D eigenvalue weighted by atomic mass is 35.5. The summed E-state index contributed by atoms with van der Waals surface area (Å²) in [6, 6.07) is 6.36. The number of imide groups is 1. The molecule has 1 aliphatic heterocycles. The molecule has 160 valence electrons. The van der Waals surface area contributed by atoms with Gasteiger partial charge in [-0.3, -0.25) is 19.8 Å². The van der Waals surface area contributed by atoms with Gasteiger partial charge in [0.2, 0.25) is 0 Å². The number of halogens is 6. The van der Waals surface area contributed by atoms with Crippen molar-refractivity contribution < 1.29 is 19.1 Å². The predicted octanol–water partition coefficient (Wildman–Crippen LogP) is 4.18. The Kier molecular flexibility index (Phi) is 5.25. The summed E-state index contributed by atoms with van der Waals surface area (Å²) in [6.45, 7) is 2.07. The van der Waals surface area contributed by atoms with Gasteiger partial charge in [-0.2, -0.15) is 5.01 Å². The van der Waals surface area contributed by atoms with Gasteiger partial charge in [-0.25, -0.2) is 0 Å². The molecule has 30 heavy (non-hydrogen) atoms. The number of para-hydroxylation sites is 1. The van der Waals surface area contributed by atoms with Crippen LogP contribution in [0, 0.1) is 11.8 Å². The number of hydrogen-bond donors (Lipinski definition) is 1. The fourth-order valence-corrected chi connectivity index (χ4v) is 7.13. The van der Waals surface area contributed by atoms with Crippen molar-refractivity contribution in [2.45, 2.75) is 21.0 Å². The number of benzene rings is 1. The maximum absolute atomic E-state index is 13.1. The van der Waals surface area contributed by atoms with E-state index in [2.05, 4.69) is 5.43 Å². The highest BCUT2D eigenvalue weighted by molar-refractivity contribution is 6.66. The zero-order chi connectivity index (χ0) is 22.2. The molecule has 1 N–H and O–H groups in total. The van der Waals surface area contributed by atoms with Gasteiger partial charge in [0.25, 0.3) is 17.7 Å². The summed E-state index contributed by atoms with van der Waals surface area (Å²) in [5, 5.41) is 0.142. The Morgan fingerprint density at radius 3 is 2.03 bits per heavy atom. The molecule has 1 aromatic carbocycles. The van der Waals surface area contributed by atoms with Gasteiger partial charge in [0.1, 0.15) is 15.5 Å². The van der Waals surface area contributed by atoms with E-state index in [1.165, 1.54) is 6.07 Å². The molecule has 6 nitrogen and oxygen atoms in total. The van der Waals surface area contributed by atoms with E-state index in [9.17, 15) is 14.4 Å². The fourth-order valence-electron chi connectivity index (χ4n) is 4.20. The summed E-state index contributed by atoms with van der Waals surface area (Å²) < 4.78 is 3.38. The second kappa shape index (κ2) is 7.06. The lowest BCUT2D eigenvalue weighted by atomic mass is 9.84. The van der Waals surface area contributed by atoms with E-state index in [0.717, 1.165) is 0 Å². The Balaban J connectivity index is 1.70. The van der Waals surface area contributed by atoms with Crippen molar-refractivity contribution in [2.75, 3.05) is 6.61 Å². The summed E-state index contributed by atoms with van der Waals surface area (Å²) >= 11 is 38.5. The number of carbonyl (C=O) groups excluding carboxylic acids is 3. The van der Waals surface area contributed by atoms with Crippen molar-refractivity contribution in [3.05, 3.63) is 39.9 Å². The molecule has 1 saturated heterocycles. The quantitative estimate of drug-likeness (QED) is 0.466. The monoisotopic (exact) mass is 530 g/mol. The highest BCUT2D eigenvalue weighted by Crippen LogP contribution is 2.77.